The lowest BCUT2D eigenvalue weighted by atomic mass is 10.1. The van der Waals surface area contributed by atoms with Gasteiger partial charge in [-0.3, -0.25) is 0 Å². The normalized spacial score (nSPS) is 11.7. The highest BCUT2D eigenvalue weighted by Crippen LogP contribution is 2.21. The molecular weight excluding hydrogens is 436 g/mol. The van der Waals surface area contributed by atoms with Crippen LogP contribution in [0.3, 0.4) is 0 Å². The van der Waals surface area contributed by atoms with E-state index in [1.54, 1.807) is 36.4 Å². The van der Waals surface area contributed by atoms with Gasteiger partial charge in [-0.1, -0.05) is 59.3 Å². The Kier molecular flexibility index (Phi) is 10.7. The molecule has 1 atom stereocenters. The van der Waals surface area contributed by atoms with Crippen molar-refractivity contribution in [2.45, 2.75) is 72.1 Å². The molecule has 186 valence electrons. The van der Waals surface area contributed by atoms with E-state index in [4.69, 9.17) is 9.47 Å². The molecule has 0 N–H and O–H groups in total. The first kappa shape index (κ1) is 26.4. The molecule has 5 heteroatoms. The molecule has 1 aromatic heterocycles. The highest BCUT2D eigenvalue weighted by Gasteiger charge is 2.10. The summed E-state index contributed by atoms with van der Waals surface area (Å²) in [5.41, 5.74) is 2.54. The molecule has 0 fully saturated rings. The van der Waals surface area contributed by atoms with Gasteiger partial charge in [-0.25, -0.2) is 14.8 Å². The summed E-state index contributed by atoms with van der Waals surface area (Å²) in [7, 11) is 0. The minimum atomic E-state index is -0.401. The highest BCUT2D eigenvalue weighted by molar-refractivity contribution is 5.91. The van der Waals surface area contributed by atoms with Gasteiger partial charge in [0.15, 0.2) is 5.82 Å². The largest absolute Gasteiger partial charge is 0.493 e. The van der Waals surface area contributed by atoms with Crippen molar-refractivity contribution in [2.24, 2.45) is 5.92 Å². The fourth-order valence-corrected chi connectivity index (χ4v) is 3.62. The van der Waals surface area contributed by atoms with E-state index in [0.29, 0.717) is 29.7 Å². The summed E-state index contributed by atoms with van der Waals surface area (Å²) >= 11 is 0. The Hall–Kier alpha value is -3.21. The van der Waals surface area contributed by atoms with E-state index in [9.17, 15) is 4.79 Å². The first-order valence-electron chi connectivity index (χ1n) is 13.0. The predicted molar refractivity (Wildman–Crippen MR) is 141 cm³/mol. The van der Waals surface area contributed by atoms with Crippen LogP contribution in [-0.4, -0.2) is 22.5 Å². The van der Waals surface area contributed by atoms with E-state index in [-0.39, 0.29) is 0 Å². The lowest BCUT2D eigenvalue weighted by Crippen LogP contribution is -2.09. The minimum Gasteiger partial charge on any atom is -0.493 e. The van der Waals surface area contributed by atoms with Gasteiger partial charge in [-0.2, -0.15) is 0 Å². The van der Waals surface area contributed by atoms with E-state index in [0.717, 1.165) is 24.2 Å². The smallest absolute Gasteiger partial charge is 0.343 e. The van der Waals surface area contributed by atoms with Crippen molar-refractivity contribution in [3.63, 3.8) is 0 Å². The molecule has 2 aromatic carbocycles. The summed E-state index contributed by atoms with van der Waals surface area (Å²) in [5, 5.41) is 0. The van der Waals surface area contributed by atoms with Gasteiger partial charge < -0.3 is 9.47 Å². The van der Waals surface area contributed by atoms with Gasteiger partial charge in [-0.15, -0.1) is 0 Å². The molecule has 0 aliphatic rings. The molecule has 3 aromatic rings. The van der Waals surface area contributed by atoms with Crippen LogP contribution in [0.2, 0.25) is 0 Å². The van der Waals surface area contributed by atoms with Crippen LogP contribution in [0, 0.1) is 5.92 Å². The lowest BCUT2D eigenvalue weighted by Gasteiger charge is -2.11. The number of hydrogen-bond acceptors (Lipinski definition) is 5. The van der Waals surface area contributed by atoms with Crippen LogP contribution < -0.4 is 9.47 Å². The van der Waals surface area contributed by atoms with Crippen LogP contribution in [0.1, 0.15) is 81.6 Å². The summed E-state index contributed by atoms with van der Waals surface area (Å²) in [6.45, 7) is 7.19. The zero-order chi connectivity index (χ0) is 24.9. The average Bonchev–Trinajstić information content (AvgIpc) is 2.90. The summed E-state index contributed by atoms with van der Waals surface area (Å²) < 4.78 is 11.3. The maximum absolute atomic E-state index is 12.5. The SMILES string of the molecule is CCCCCCCCc1cnc(-c2ccc(OC(=O)c3ccc(OC[C@@H](C)CC)cc3)cc2)nc1. The van der Waals surface area contributed by atoms with Gasteiger partial charge in [0.1, 0.15) is 11.5 Å². The van der Waals surface area contributed by atoms with Gasteiger partial charge in [-0.05, 0) is 72.9 Å². The Bertz CT molecular complexity index is 1010. The quantitative estimate of drug-likeness (QED) is 0.136. The molecule has 0 spiro atoms. The van der Waals surface area contributed by atoms with Crippen molar-refractivity contribution in [3.05, 3.63) is 72.1 Å². The Morgan fingerprint density at radius 1 is 0.829 bits per heavy atom. The van der Waals surface area contributed by atoms with E-state index in [1.807, 2.05) is 24.5 Å². The molecule has 0 radical (unpaired) electrons. The van der Waals surface area contributed by atoms with E-state index in [1.165, 1.54) is 44.1 Å². The first-order valence-corrected chi connectivity index (χ1v) is 13.0. The fraction of sp³-hybridized carbons (Fsp3) is 0.433. The number of carbonyl (C=O) groups excluding carboxylic acids is 1. The second kappa shape index (κ2) is 14.2. The van der Waals surface area contributed by atoms with E-state index in [2.05, 4.69) is 30.7 Å². The van der Waals surface area contributed by atoms with Crippen molar-refractivity contribution >= 4 is 5.97 Å². The molecule has 5 nitrogen and oxygen atoms in total. The van der Waals surface area contributed by atoms with Crippen molar-refractivity contribution < 1.29 is 14.3 Å². The number of rotatable bonds is 14. The standard InChI is InChI=1S/C30H38N2O3/c1-4-6-7-8-9-10-11-24-20-31-29(32-21-24)25-12-18-28(19-13-25)35-30(33)26-14-16-27(17-15-26)34-22-23(3)5-2/h12-21,23H,4-11,22H2,1-3H3/t23-/m0/s1. The molecule has 0 saturated heterocycles. The van der Waals surface area contributed by atoms with Crippen LogP contribution in [0.4, 0.5) is 0 Å². The summed E-state index contributed by atoms with van der Waals surface area (Å²) in [6, 6.07) is 14.3. The second-order valence-corrected chi connectivity index (χ2v) is 9.20. The van der Waals surface area contributed by atoms with Crippen molar-refractivity contribution in [3.8, 4) is 22.9 Å². The van der Waals surface area contributed by atoms with E-state index < -0.39 is 5.97 Å². The van der Waals surface area contributed by atoms with Crippen LogP contribution >= 0.6 is 0 Å². The lowest BCUT2D eigenvalue weighted by molar-refractivity contribution is 0.0734. The fourth-order valence-electron chi connectivity index (χ4n) is 3.62. The average molecular weight is 475 g/mol. The van der Waals surface area contributed by atoms with Crippen molar-refractivity contribution in [1.82, 2.24) is 9.97 Å². The molecule has 0 unspecified atom stereocenters. The van der Waals surface area contributed by atoms with Crippen LogP contribution in [0.15, 0.2) is 60.9 Å². The van der Waals surface area contributed by atoms with Gasteiger partial charge >= 0.3 is 5.97 Å². The number of benzene rings is 2. The number of hydrogen-bond donors (Lipinski definition) is 0. The van der Waals surface area contributed by atoms with Gasteiger partial charge in [0.05, 0.1) is 12.2 Å². The molecule has 0 aliphatic heterocycles. The molecule has 0 saturated carbocycles. The predicted octanol–water partition coefficient (Wildman–Crippen LogP) is 7.69. The molecule has 3 rings (SSSR count). The number of carbonyl (C=O) groups is 1. The molecular formula is C30H38N2O3. The zero-order valence-electron chi connectivity index (χ0n) is 21.3. The number of esters is 1. The van der Waals surface area contributed by atoms with Crippen LogP contribution in [0.5, 0.6) is 11.5 Å². The van der Waals surface area contributed by atoms with Crippen molar-refractivity contribution in [1.29, 1.82) is 0 Å². The summed E-state index contributed by atoms with van der Waals surface area (Å²) in [6.07, 6.45) is 13.6. The Labute approximate surface area is 209 Å². The minimum absolute atomic E-state index is 0.401. The second-order valence-electron chi connectivity index (χ2n) is 9.20. The molecule has 1 heterocycles. The number of unbranched alkanes of at least 4 members (excludes halogenated alkanes) is 5. The molecule has 35 heavy (non-hydrogen) atoms. The third-order valence-corrected chi connectivity index (χ3v) is 6.17. The number of ether oxygens (including phenoxy) is 2. The molecule has 0 amide bonds. The molecule has 0 aliphatic carbocycles. The first-order chi connectivity index (χ1) is 17.1. The Morgan fingerprint density at radius 2 is 1.46 bits per heavy atom. The van der Waals surface area contributed by atoms with Gasteiger partial charge in [0, 0.05) is 18.0 Å². The van der Waals surface area contributed by atoms with Crippen molar-refractivity contribution in [2.75, 3.05) is 6.61 Å². The number of aryl methyl sites for hydroxylation is 1. The summed E-state index contributed by atoms with van der Waals surface area (Å²) in [4.78, 5) is 21.6. The summed E-state index contributed by atoms with van der Waals surface area (Å²) in [5.74, 6) is 2.00. The van der Waals surface area contributed by atoms with Gasteiger partial charge in [0.25, 0.3) is 0 Å². The number of nitrogens with zero attached hydrogens (tertiary/aromatic N) is 2. The monoisotopic (exact) mass is 474 g/mol. The third-order valence-electron chi connectivity index (χ3n) is 6.17. The number of aromatic nitrogens is 2. The maximum atomic E-state index is 12.5. The Balaban J connectivity index is 1.48. The highest BCUT2D eigenvalue weighted by atomic mass is 16.5. The van der Waals surface area contributed by atoms with Gasteiger partial charge in [0.2, 0.25) is 0 Å². The Morgan fingerprint density at radius 3 is 2.11 bits per heavy atom. The molecule has 0 bridgehead atoms. The third kappa shape index (κ3) is 8.82. The maximum Gasteiger partial charge on any atom is 0.343 e. The van der Waals surface area contributed by atoms with Crippen LogP contribution in [0.25, 0.3) is 11.4 Å². The van der Waals surface area contributed by atoms with E-state index >= 15 is 0 Å². The topological polar surface area (TPSA) is 61.3 Å². The zero-order valence-corrected chi connectivity index (χ0v) is 21.3. The van der Waals surface area contributed by atoms with Crippen LogP contribution in [-0.2, 0) is 6.42 Å².